The molecule has 0 aromatic rings. The van der Waals surface area contributed by atoms with Crippen LogP contribution in [0.1, 0.15) is 226 Å². The van der Waals surface area contributed by atoms with Crippen molar-refractivity contribution in [2.45, 2.75) is 232 Å². The zero-order valence-corrected chi connectivity index (χ0v) is 40.6. The first-order valence-corrected chi connectivity index (χ1v) is 25.8. The lowest BCUT2D eigenvalue weighted by Gasteiger charge is -2.18. The predicted molar refractivity (Wildman–Crippen MR) is 270 cm³/mol. The van der Waals surface area contributed by atoms with Crippen LogP contribution in [0.3, 0.4) is 0 Å². The molecule has 0 bridgehead atoms. The van der Waals surface area contributed by atoms with Gasteiger partial charge in [0.15, 0.2) is 6.10 Å². The molecule has 1 atom stereocenters. The molecule has 0 spiro atoms. The maximum Gasteiger partial charge on any atom is 0.306 e. The Labute approximate surface area is 383 Å². The first kappa shape index (κ1) is 58.8. The summed E-state index contributed by atoms with van der Waals surface area (Å²) in [6.45, 7) is 7.57. The van der Waals surface area contributed by atoms with Crippen molar-refractivity contribution in [3.05, 3.63) is 97.2 Å². The summed E-state index contributed by atoms with van der Waals surface area (Å²) in [6, 6.07) is 0. The average Bonchev–Trinajstić information content (AvgIpc) is 3.27. The lowest BCUT2D eigenvalue weighted by atomic mass is 10.1. The van der Waals surface area contributed by atoms with Crippen LogP contribution in [0.2, 0.25) is 0 Å². The molecule has 0 aromatic heterocycles. The fraction of sp³-hybridized carbons (Fsp3) is 0.684. The summed E-state index contributed by atoms with van der Waals surface area (Å²) in [5.41, 5.74) is 0. The normalized spacial score (nSPS) is 13.0. The van der Waals surface area contributed by atoms with Gasteiger partial charge < -0.3 is 14.2 Å². The van der Waals surface area contributed by atoms with Crippen LogP contribution in [0.4, 0.5) is 0 Å². The van der Waals surface area contributed by atoms with Gasteiger partial charge in [-0.2, -0.15) is 0 Å². The first-order valence-electron chi connectivity index (χ1n) is 25.8. The molecule has 0 aliphatic heterocycles. The van der Waals surface area contributed by atoms with Crippen LogP contribution in [0.15, 0.2) is 97.2 Å². The number of hydrogen-bond acceptors (Lipinski definition) is 5. The minimum Gasteiger partial charge on any atom is -0.462 e. The van der Waals surface area contributed by atoms with Gasteiger partial charge in [0.1, 0.15) is 6.61 Å². The van der Waals surface area contributed by atoms with Crippen LogP contribution in [0, 0.1) is 0 Å². The van der Waals surface area contributed by atoms with E-state index in [0.717, 1.165) is 109 Å². The molecule has 0 heterocycles. The van der Waals surface area contributed by atoms with E-state index >= 15 is 0 Å². The zero-order valence-electron chi connectivity index (χ0n) is 40.6. The van der Waals surface area contributed by atoms with Crippen LogP contribution in [-0.4, -0.2) is 37.9 Å². The molecule has 0 saturated heterocycles. The third kappa shape index (κ3) is 49.5. The molecular formula is C57H96O5. The molecule has 1 unspecified atom stereocenters. The van der Waals surface area contributed by atoms with Gasteiger partial charge in [-0.15, -0.1) is 0 Å². The van der Waals surface area contributed by atoms with Crippen molar-refractivity contribution in [1.82, 2.24) is 0 Å². The molecule has 0 radical (unpaired) electrons. The molecule has 5 heteroatoms. The van der Waals surface area contributed by atoms with Gasteiger partial charge in [-0.25, -0.2) is 0 Å². The van der Waals surface area contributed by atoms with E-state index in [4.69, 9.17) is 14.2 Å². The Hall–Kier alpha value is -3.18. The van der Waals surface area contributed by atoms with Crippen LogP contribution in [0.5, 0.6) is 0 Å². The number of carbonyl (C=O) groups excluding carboxylic acids is 2. The summed E-state index contributed by atoms with van der Waals surface area (Å²) >= 11 is 0. The van der Waals surface area contributed by atoms with Gasteiger partial charge in [0.2, 0.25) is 0 Å². The fourth-order valence-corrected chi connectivity index (χ4v) is 6.74. The minimum absolute atomic E-state index is 0.0553. The third-order valence-corrected chi connectivity index (χ3v) is 10.6. The van der Waals surface area contributed by atoms with E-state index in [9.17, 15) is 9.59 Å². The molecule has 62 heavy (non-hydrogen) atoms. The SMILES string of the molecule is CC/C=C\C/C=C\C/C=C\C/C=C\C/C=C\CCCCCC(=O)OCC(COCCCCCCCC/C=C\CCCCCC)OC(=O)CCCCCCC/C=C\C/C=C\CCC. The molecule has 0 saturated carbocycles. The highest BCUT2D eigenvalue weighted by atomic mass is 16.6. The van der Waals surface area contributed by atoms with Crippen molar-refractivity contribution in [3.8, 4) is 0 Å². The number of esters is 2. The molecule has 0 aliphatic carbocycles. The molecule has 0 aliphatic rings. The quantitative estimate of drug-likeness (QED) is 0.0347. The lowest BCUT2D eigenvalue weighted by molar-refractivity contribution is -0.163. The highest BCUT2D eigenvalue weighted by Gasteiger charge is 2.17. The van der Waals surface area contributed by atoms with Gasteiger partial charge in [0.25, 0.3) is 0 Å². The number of rotatable bonds is 46. The molecule has 0 fully saturated rings. The van der Waals surface area contributed by atoms with Crippen LogP contribution < -0.4 is 0 Å². The Morgan fingerprint density at radius 1 is 0.371 bits per heavy atom. The molecular weight excluding hydrogens is 765 g/mol. The van der Waals surface area contributed by atoms with Gasteiger partial charge in [0.05, 0.1) is 6.61 Å². The zero-order chi connectivity index (χ0) is 44.9. The van der Waals surface area contributed by atoms with Crippen LogP contribution in [-0.2, 0) is 23.8 Å². The molecule has 0 amide bonds. The van der Waals surface area contributed by atoms with Crippen molar-refractivity contribution in [3.63, 3.8) is 0 Å². The summed E-state index contributed by atoms with van der Waals surface area (Å²) < 4.78 is 17.4. The van der Waals surface area contributed by atoms with E-state index in [1.807, 2.05) is 0 Å². The monoisotopic (exact) mass is 861 g/mol. The van der Waals surface area contributed by atoms with Gasteiger partial charge in [-0.3, -0.25) is 9.59 Å². The number of carbonyl (C=O) groups is 2. The first-order chi connectivity index (χ1) is 30.6. The largest absolute Gasteiger partial charge is 0.462 e. The van der Waals surface area contributed by atoms with Gasteiger partial charge in [-0.1, -0.05) is 195 Å². The fourth-order valence-electron chi connectivity index (χ4n) is 6.74. The Morgan fingerprint density at radius 3 is 1.26 bits per heavy atom. The van der Waals surface area contributed by atoms with Gasteiger partial charge in [-0.05, 0) is 116 Å². The molecule has 0 rings (SSSR count). The van der Waals surface area contributed by atoms with E-state index in [2.05, 4.69) is 118 Å². The molecule has 5 nitrogen and oxygen atoms in total. The second-order valence-electron chi connectivity index (χ2n) is 16.7. The highest BCUT2D eigenvalue weighted by molar-refractivity contribution is 5.70. The second kappa shape index (κ2) is 52.2. The standard InChI is InChI=1S/C57H96O5/c1-4-7-10-13-16-19-22-25-27-28-29-30-31-33-35-38-41-44-47-50-56(58)61-54-55(53-60-52-49-46-43-40-37-34-26-23-20-17-14-11-8-5-2)62-57(59)51-48-45-42-39-36-32-24-21-18-15-12-9-6-3/h7,10,12,15-16,19-21,23-25,27,29-30,33,35,55H,4-6,8-9,11,13-14,17-18,22,26,28,31-32,34,36-54H2,1-3H3/b10-7-,15-12-,19-16-,23-20-,24-21-,27-25-,30-29-,35-33-. The van der Waals surface area contributed by atoms with Crippen molar-refractivity contribution >= 4 is 11.9 Å². The van der Waals surface area contributed by atoms with Crippen LogP contribution in [0.25, 0.3) is 0 Å². The summed E-state index contributed by atoms with van der Waals surface area (Å²) in [4.78, 5) is 25.4. The van der Waals surface area contributed by atoms with Crippen molar-refractivity contribution in [2.75, 3.05) is 19.8 Å². The Bertz CT molecular complexity index is 1200. The third-order valence-electron chi connectivity index (χ3n) is 10.6. The maximum absolute atomic E-state index is 12.8. The van der Waals surface area contributed by atoms with E-state index in [1.165, 1.54) is 83.5 Å². The van der Waals surface area contributed by atoms with Crippen molar-refractivity contribution < 1.29 is 23.8 Å². The summed E-state index contributed by atoms with van der Waals surface area (Å²) in [5.74, 6) is -0.457. The second-order valence-corrected chi connectivity index (χ2v) is 16.7. The predicted octanol–water partition coefficient (Wildman–Crippen LogP) is 17.5. The van der Waals surface area contributed by atoms with E-state index < -0.39 is 6.10 Å². The minimum atomic E-state index is -0.565. The number of unbranched alkanes of at least 4 members (excludes halogenated alkanes) is 19. The Kier molecular flexibility index (Phi) is 49.5. The van der Waals surface area contributed by atoms with E-state index in [1.54, 1.807) is 0 Å². The van der Waals surface area contributed by atoms with Gasteiger partial charge in [0, 0.05) is 19.4 Å². The number of allylic oxidation sites excluding steroid dienone is 16. The maximum atomic E-state index is 12.8. The van der Waals surface area contributed by atoms with Crippen molar-refractivity contribution in [2.24, 2.45) is 0 Å². The summed E-state index contributed by atoms with van der Waals surface area (Å²) in [6.07, 6.45) is 69.8. The highest BCUT2D eigenvalue weighted by Crippen LogP contribution is 2.12. The smallest absolute Gasteiger partial charge is 0.306 e. The van der Waals surface area contributed by atoms with Gasteiger partial charge >= 0.3 is 11.9 Å². The molecule has 0 N–H and O–H groups in total. The molecule has 354 valence electrons. The number of hydrogen-bond donors (Lipinski definition) is 0. The topological polar surface area (TPSA) is 61.8 Å². The van der Waals surface area contributed by atoms with Crippen LogP contribution >= 0.6 is 0 Å². The summed E-state index contributed by atoms with van der Waals surface area (Å²) in [7, 11) is 0. The Balaban J connectivity index is 4.36. The van der Waals surface area contributed by atoms with E-state index in [-0.39, 0.29) is 25.2 Å². The number of ether oxygens (including phenoxy) is 3. The molecule has 0 aromatic carbocycles. The van der Waals surface area contributed by atoms with Crippen molar-refractivity contribution in [1.29, 1.82) is 0 Å². The average molecular weight is 861 g/mol. The Morgan fingerprint density at radius 2 is 0.758 bits per heavy atom. The lowest BCUT2D eigenvalue weighted by Crippen LogP contribution is -2.30. The summed E-state index contributed by atoms with van der Waals surface area (Å²) in [5, 5.41) is 0. The van der Waals surface area contributed by atoms with E-state index in [0.29, 0.717) is 19.4 Å².